The lowest BCUT2D eigenvalue weighted by molar-refractivity contribution is 0.137. The van der Waals surface area contributed by atoms with E-state index in [4.69, 9.17) is 0 Å². The number of benzene rings is 1. The Balaban J connectivity index is 1.33. The lowest BCUT2D eigenvalue weighted by Crippen LogP contribution is -2.14. The SMILES string of the molecule is FC(F)c1nnc2ccc(NCC3CC34CCc3ccccc34)nn12. The summed E-state index contributed by atoms with van der Waals surface area (Å²) in [5.41, 5.74) is 3.59. The number of alkyl halides is 2. The van der Waals surface area contributed by atoms with Crippen LogP contribution in [0.4, 0.5) is 14.6 Å². The van der Waals surface area contributed by atoms with E-state index in [1.54, 1.807) is 12.1 Å². The maximum atomic E-state index is 12.9. The van der Waals surface area contributed by atoms with Gasteiger partial charge < -0.3 is 5.32 Å². The summed E-state index contributed by atoms with van der Waals surface area (Å²) in [6.07, 6.45) is 0.828. The fourth-order valence-corrected chi connectivity index (χ4v) is 4.26. The molecule has 2 aliphatic carbocycles. The van der Waals surface area contributed by atoms with Crippen LogP contribution in [0.25, 0.3) is 5.65 Å². The second-order valence-corrected chi connectivity index (χ2v) is 6.94. The van der Waals surface area contributed by atoms with E-state index in [-0.39, 0.29) is 0 Å². The van der Waals surface area contributed by atoms with Gasteiger partial charge in [0.05, 0.1) is 0 Å². The van der Waals surface area contributed by atoms with Crippen LogP contribution < -0.4 is 5.32 Å². The van der Waals surface area contributed by atoms with Crippen LogP contribution in [0, 0.1) is 5.92 Å². The summed E-state index contributed by atoms with van der Waals surface area (Å²) in [6.45, 7) is 0.791. The number of rotatable bonds is 4. The highest BCUT2D eigenvalue weighted by Crippen LogP contribution is 2.61. The third-order valence-electron chi connectivity index (χ3n) is 5.64. The van der Waals surface area contributed by atoms with Gasteiger partial charge in [-0.15, -0.1) is 15.3 Å². The van der Waals surface area contributed by atoms with Gasteiger partial charge in [-0.3, -0.25) is 0 Å². The fourth-order valence-electron chi connectivity index (χ4n) is 4.26. The molecule has 1 saturated carbocycles. The monoisotopic (exact) mass is 341 g/mol. The fraction of sp³-hybridized carbons (Fsp3) is 0.389. The van der Waals surface area contributed by atoms with Crippen LogP contribution >= 0.6 is 0 Å². The second-order valence-electron chi connectivity index (χ2n) is 6.94. The van der Waals surface area contributed by atoms with Crippen LogP contribution in [-0.4, -0.2) is 26.4 Å². The van der Waals surface area contributed by atoms with Crippen molar-refractivity contribution in [2.75, 3.05) is 11.9 Å². The van der Waals surface area contributed by atoms with Crippen molar-refractivity contribution in [1.29, 1.82) is 0 Å². The lowest BCUT2D eigenvalue weighted by atomic mass is 9.95. The van der Waals surface area contributed by atoms with Crippen molar-refractivity contribution in [3.8, 4) is 0 Å². The van der Waals surface area contributed by atoms with Crippen LogP contribution in [0.15, 0.2) is 36.4 Å². The third kappa shape index (κ3) is 2.22. The first-order chi connectivity index (χ1) is 12.2. The molecule has 25 heavy (non-hydrogen) atoms. The minimum absolute atomic E-state index is 0.304. The molecule has 1 fully saturated rings. The first kappa shape index (κ1) is 14.7. The van der Waals surface area contributed by atoms with Crippen LogP contribution in [0.1, 0.15) is 36.2 Å². The van der Waals surface area contributed by atoms with E-state index < -0.39 is 12.2 Å². The van der Waals surface area contributed by atoms with Crippen LogP contribution in [0.2, 0.25) is 0 Å². The molecule has 1 spiro atoms. The molecule has 0 bridgehead atoms. The Hall–Kier alpha value is -2.57. The normalized spacial score (nSPS) is 24.2. The molecule has 2 unspecified atom stereocenters. The Morgan fingerprint density at radius 2 is 2.08 bits per heavy atom. The molecular formula is C18H17F2N5. The van der Waals surface area contributed by atoms with Gasteiger partial charge in [0.2, 0.25) is 5.82 Å². The van der Waals surface area contributed by atoms with E-state index in [1.165, 1.54) is 24.0 Å². The number of fused-ring (bicyclic) bond motifs is 3. The van der Waals surface area contributed by atoms with E-state index in [2.05, 4.69) is 44.9 Å². The van der Waals surface area contributed by atoms with Crippen LogP contribution in [-0.2, 0) is 11.8 Å². The summed E-state index contributed by atoms with van der Waals surface area (Å²) >= 11 is 0. The number of hydrogen-bond acceptors (Lipinski definition) is 4. The van der Waals surface area contributed by atoms with E-state index in [0.717, 1.165) is 17.5 Å². The molecule has 1 N–H and O–H groups in total. The van der Waals surface area contributed by atoms with Gasteiger partial charge in [0, 0.05) is 12.0 Å². The number of aryl methyl sites for hydroxylation is 1. The molecule has 0 aliphatic heterocycles. The molecule has 5 nitrogen and oxygen atoms in total. The van der Waals surface area contributed by atoms with Gasteiger partial charge in [-0.2, -0.15) is 4.52 Å². The standard InChI is InChI=1S/C18H17F2N5/c19-16(20)17-23-22-15-6-5-14(24-25(15)17)21-10-12-9-18(12)8-7-11-3-1-2-4-13(11)18/h1-6,12,16H,7-10H2,(H,21,24). The Labute approximate surface area is 143 Å². The molecule has 0 radical (unpaired) electrons. The van der Waals surface area contributed by atoms with Crippen molar-refractivity contribution in [3.05, 3.63) is 53.3 Å². The Bertz CT molecular complexity index is 954. The van der Waals surface area contributed by atoms with Crippen LogP contribution in [0.3, 0.4) is 0 Å². The number of aromatic nitrogens is 4. The Morgan fingerprint density at radius 3 is 2.96 bits per heavy atom. The number of nitrogens with one attached hydrogen (secondary N) is 1. The zero-order chi connectivity index (χ0) is 17.0. The molecule has 0 amide bonds. The van der Waals surface area contributed by atoms with E-state index in [0.29, 0.717) is 22.8 Å². The Kier molecular flexibility index (Phi) is 3.07. The van der Waals surface area contributed by atoms with Gasteiger partial charge in [-0.25, -0.2) is 8.78 Å². The highest BCUT2D eigenvalue weighted by atomic mass is 19.3. The minimum atomic E-state index is -2.69. The molecule has 2 aliphatic rings. The number of hydrogen-bond donors (Lipinski definition) is 1. The van der Waals surface area contributed by atoms with Crippen LogP contribution in [0.5, 0.6) is 0 Å². The second kappa shape index (κ2) is 5.21. The van der Waals surface area contributed by atoms with Crippen molar-refractivity contribution in [3.63, 3.8) is 0 Å². The van der Waals surface area contributed by atoms with Gasteiger partial charge in [0.1, 0.15) is 5.82 Å². The summed E-state index contributed by atoms with van der Waals surface area (Å²) < 4.78 is 27.0. The predicted octanol–water partition coefficient (Wildman–Crippen LogP) is 3.38. The molecule has 0 saturated heterocycles. The summed E-state index contributed by atoms with van der Waals surface area (Å²) in [7, 11) is 0. The van der Waals surface area contributed by atoms with Crippen molar-refractivity contribution in [1.82, 2.24) is 19.8 Å². The Morgan fingerprint density at radius 1 is 1.20 bits per heavy atom. The number of halogens is 2. The van der Waals surface area contributed by atoms with Gasteiger partial charge in [0.15, 0.2) is 5.65 Å². The smallest absolute Gasteiger partial charge is 0.299 e. The molecule has 2 atom stereocenters. The first-order valence-corrected chi connectivity index (χ1v) is 8.50. The molecule has 3 aromatic rings. The van der Waals surface area contributed by atoms with E-state index >= 15 is 0 Å². The van der Waals surface area contributed by atoms with E-state index in [1.807, 2.05) is 0 Å². The van der Waals surface area contributed by atoms with Crippen molar-refractivity contribution in [2.45, 2.75) is 31.1 Å². The largest absolute Gasteiger partial charge is 0.368 e. The summed E-state index contributed by atoms with van der Waals surface area (Å²) in [4.78, 5) is 0. The van der Waals surface area contributed by atoms with E-state index in [9.17, 15) is 8.78 Å². The average molecular weight is 341 g/mol. The molecule has 7 heteroatoms. The molecule has 2 aromatic heterocycles. The highest BCUT2D eigenvalue weighted by molar-refractivity contribution is 5.47. The third-order valence-corrected chi connectivity index (χ3v) is 5.64. The summed E-state index contributed by atoms with van der Waals surface area (Å²) in [6, 6.07) is 12.1. The van der Waals surface area contributed by atoms with Crippen molar-refractivity contribution < 1.29 is 8.78 Å². The zero-order valence-corrected chi connectivity index (χ0v) is 13.5. The predicted molar refractivity (Wildman–Crippen MR) is 88.8 cm³/mol. The highest BCUT2D eigenvalue weighted by Gasteiger charge is 2.57. The maximum absolute atomic E-state index is 12.9. The number of anilines is 1. The molecule has 1 aromatic carbocycles. The molecular weight excluding hydrogens is 324 g/mol. The average Bonchev–Trinajstić information content (AvgIpc) is 2.97. The van der Waals surface area contributed by atoms with Gasteiger partial charge in [-0.1, -0.05) is 24.3 Å². The quantitative estimate of drug-likeness (QED) is 0.790. The van der Waals surface area contributed by atoms with Gasteiger partial charge in [-0.05, 0) is 48.4 Å². The van der Waals surface area contributed by atoms with Gasteiger partial charge >= 0.3 is 0 Å². The zero-order valence-electron chi connectivity index (χ0n) is 13.5. The van der Waals surface area contributed by atoms with Crippen molar-refractivity contribution in [2.24, 2.45) is 5.92 Å². The number of nitrogens with zero attached hydrogens (tertiary/aromatic N) is 4. The van der Waals surface area contributed by atoms with Gasteiger partial charge in [0.25, 0.3) is 6.43 Å². The maximum Gasteiger partial charge on any atom is 0.299 e. The topological polar surface area (TPSA) is 55.1 Å². The lowest BCUT2D eigenvalue weighted by Gasteiger charge is -2.12. The minimum Gasteiger partial charge on any atom is -0.368 e. The summed E-state index contributed by atoms with van der Waals surface area (Å²) in [5.74, 6) is 0.706. The molecule has 128 valence electrons. The molecule has 2 heterocycles. The first-order valence-electron chi connectivity index (χ1n) is 8.50. The van der Waals surface area contributed by atoms with Crippen molar-refractivity contribution >= 4 is 11.5 Å². The summed E-state index contributed by atoms with van der Waals surface area (Å²) in [5, 5.41) is 14.7. The molecule has 5 rings (SSSR count).